The number of hydrogen-bond donors (Lipinski definition) is 0. The van der Waals surface area contributed by atoms with Crippen LogP contribution in [-0.4, -0.2) is 23.0 Å². The Balaban J connectivity index is 0.000000363. The van der Waals surface area contributed by atoms with Crippen LogP contribution in [0.5, 0.6) is 0 Å². The van der Waals surface area contributed by atoms with Crippen molar-refractivity contribution in [3.05, 3.63) is 83.2 Å². The Bertz CT molecular complexity index is 844. The van der Waals surface area contributed by atoms with Gasteiger partial charge in [-0.25, -0.2) is 4.39 Å². The predicted octanol–water partition coefficient (Wildman–Crippen LogP) is 8.83. The van der Waals surface area contributed by atoms with Crippen molar-refractivity contribution < 1.29 is 4.39 Å². The molecule has 3 heteroatoms. The fourth-order valence-electron chi connectivity index (χ4n) is 4.18. The van der Waals surface area contributed by atoms with E-state index < -0.39 is 0 Å². The minimum absolute atomic E-state index is 0.122. The molecule has 34 heavy (non-hydrogen) atoms. The topological polar surface area (TPSA) is 3.24 Å². The van der Waals surface area contributed by atoms with E-state index in [2.05, 4.69) is 70.4 Å². The lowest BCUT2D eigenvalue weighted by atomic mass is 9.97. The lowest BCUT2D eigenvalue weighted by molar-refractivity contribution is 0.424. The highest BCUT2D eigenvalue weighted by molar-refractivity contribution is 7.80. The lowest BCUT2D eigenvalue weighted by Gasteiger charge is -2.24. The summed E-state index contributed by atoms with van der Waals surface area (Å²) in [5.41, 5.74) is 4.76. The van der Waals surface area contributed by atoms with Gasteiger partial charge in [-0.15, -0.1) is 6.58 Å². The van der Waals surface area contributed by atoms with Gasteiger partial charge in [-0.2, -0.15) is 0 Å². The van der Waals surface area contributed by atoms with E-state index in [1.54, 1.807) is 23.3 Å². The van der Waals surface area contributed by atoms with Gasteiger partial charge in [0, 0.05) is 18.7 Å². The molecule has 0 N–H and O–H groups in total. The van der Waals surface area contributed by atoms with Gasteiger partial charge in [0.25, 0.3) is 0 Å². The number of halogens is 1. The van der Waals surface area contributed by atoms with Gasteiger partial charge >= 0.3 is 0 Å². The van der Waals surface area contributed by atoms with Gasteiger partial charge in [-0.1, -0.05) is 95.7 Å². The molecule has 0 radical (unpaired) electrons. The summed E-state index contributed by atoms with van der Waals surface area (Å²) < 4.78 is 14.3. The Morgan fingerprint density at radius 2 is 1.62 bits per heavy atom. The highest BCUT2D eigenvalue weighted by Crippen LogP contribution is 2.25. The molecule has 0 bridgehead atoms. The first kappa shape index (κ1) is 30.0. The first-order valence-electron chi connectivity index (χ1n) is 13.0. The molecule has 0 saturated carbocycles. The Morgan fingerprint density at radius 3 is 2.06 bits per heavy atom. The molecule has 1 aliphatic carbocycles. The average molecular weight is 484 g/mol. The fourth-order valence-corrected chi connectivity index (χ4v) is 4.49. The molecule has 2 aromatic rings. The normalized spacial score (nSPS) is 13.0. The molecule has 0 aliphatic heterocycles. The van der Waals surface area contributed by atoms with E-state index in [4.69, 9.17) is 12.2 Å². The first-order valence-corrected chi connectivity index (χ1v) is 13.4. The molecular formula is C31H46FNS. The quantitative estimate of drug-likeness (QED) is 0.272. The second-order valence-corrected chi connectivity index (χ2v) is 9.89. The third kappa shape index (κ3) is 10.1. The van der Waals surface area contributed by atoms with E-state index in [1.165, 1.54) is 12.8 Å². The maximum absolute atomic E-state index is 14.3. The first-order chi connectivity index (χ1) is 16.3. The van der Waals surface area contributed by atoms with Crippen molar-refractivity contribution in [3.63, 3.8) is 0 Å². The van der Waals surface area contributed by atoms with Crippen LogP contribution >= 0.6 is 12.2 Å². The Kier molecular flexibility index (Phi) is 14.7. The van der Waals surface area contributed by atoms with Crippen molar-refractivity contribution in [2.45, 2.75) is 80.1 Å². The van der Waals surface area contributed by atoms with Gasteiger partial charge in [0.15, 0.2) is 0 Å². The monoisotopic (exact) mass is 483 g/mol. The summed E-state index contributed by atoms with van der Waals surface area (Å²) in [5, 5.41) is 0. The third-order valence-electron chi connectivity index (χ3n) is 6.09. The number of allylic oxidation sites excluding steroid dienone is 1. The van der Waals surface area contributed by atoms with Crippen molar-refractivity contribution in [2.75, 3.05) is 13.1 Å². The predicted molar refractivity (Wildman–Crippen MR) is 152 cm³/mol. The lowest BCUT2D eigenvalue weighted by Crippen LogP contribution is -2.31. The third-order valence-corrected chi connectivity index (χ3v) is 6.59. The molecule has 0 fully saturated rings. The highest BCUT2D eigenvalue weighted by Gasteiger charge is 2.16. The van der Waals surface area contributed by atoms with Crippen LogP contribution < -0.4 is 0 Å². The molecule has 1 atom stereocenters. The van der Waals surface area contributed by atoms with Crippen molar-refractivity contribution in [1.82, 2.24) is 4.90 Å². The number of thiocarbonyl (C=S) groups is 1. The zero-order chi connectivity index (χ0) is 25.5. The molecule has 0 saturated heterocycles. The maximum atomic E-state index is 14.3. The maximum Gasteiger partial charge on any atom is 0.127 e. The van der Waals surface area contributed by atoms with E-state index in [0.29, 0.717) is 5.92 Å². The standard InChI is InChI=1S/C18H28FNS.C10H12.C3H6/c1-5-10-20(11-6-2)18(21)16-9-8-15(17(19)13-16)12-14(4)7-3;1-8-6-9-4-2-3-5-10(9)7-8;1-3-2/h8-9,13-14H,5-7,10-12H2,1-4H3;2-5,8H,6-7H2,1H3;3H,1H2,2H3. The van der Waals surface area contributed by atoms with Gasteiger partial charge in [0.2, 0.25) is 0 Å². The molecule has 1 unspecified atom stereocenters. The highest BCUT2D eigenvalue weighted by atomic mass is 32.1. The summed E-state index contributed by atoms with van der Waals surface area (Å²) in [6.45, 7) is 18.0. The fraction of sp³-hybridized carbons (Fsp3) is 0.516. The summed E-state index contributed by atoms with van der Waals surface area (Å²) in [6, 6.07) is 14.3. The average Bonchev–Trinajstić information content (AvgIpc) is 3.20. The van der Waals surface area contributed by atoms with E-state index in [9.17, 15) is 4.39 Å². The molecular weight excluding hydrogens is 437 g/mol. The second kappa shape index (κ2) is 16.6. The van der Waals surface area contributed by atoms with Crippen molar-refractivity contribution >= 4 is 17.2 Å². The summed E-state index contributed by atoms with van der Waals surface area (Å²) in [4.78, 5) is 2.95. The molecule has 3 rings (SSSR count). The van der Waals surface area contributed by atoms with Crippen LogP contribution in [0.4, 0.5) is 4.39 Å². The van der Waals surface area contributed by atoms with Crippen LogP contribution in [-0.2, 0) is 19.3 Å². The van der Waals surface area contributed by atoms with Gasteiger partial charge < -0.3 is 4.90 Å². The zero-order valence-corrected chi connectivity index (χ0v) is 23.2. The molecule has 2 aromatic carbocycles. The number of benzene rings is 2. The summed E-state index contributed by atoms with van der Waals surface area (Å²) in [6.07, 6.45) is 8.29. The van der Waals surface area contributed by atoms with E-state index >= 15 is 0 Å². The molecule has 0 amide bonds. The van der Waals surface area contributed by atoms with Crippen molar-refractivity contribution in [2.24, 2.45) is 11.8 Å². The minimum Gasteiger partial charge on any atom is -0.362 e. The number of hydrogen-bond acceptors (Lipinski definition) is 1. The zero-order valence-electron chi connectivity index (χ0n) is 22.4. The number of rotatable bonds is 8. The Morgan fingerprint density at radius 1 is 1.09 bits per heavy atom. The molecule has 188 valence electrons. The van der Waals surface area contributed by atoms with Crippen molar-refractivity contribution in [1.29, 1.82) is 0 Å². The number of nitrogens with zero attached hydrogens (tertiary/aromatic N) is 1. The van der Waals surface area contributed by atoms with E-state index in [0.717, 1.165) is 60.8 Å². The molecule has 0 heterocycles. The van der Waals surface area contributed by atoms with Crippen LogP contribution in [0.2, 0.25) is 0 Å². The van der Waals surface area contributed by atoms with Gasteiger partial charge in [-0.3, -0.25) is 0 Å². The summed E-state index contributed by atoms with van der Waals surface area (Å²) >= 11 is 5.55. The summed E-state index contributed by atoms with van der Waals surface area (Å²) in [5.74, 6) is 1.26. The second-order valence-electron chi connectivity index (χ2n) is 9.51. The molecule has 0 spiro atoms. The molecule has 0 aromatic heterocycles. The Labute approximate surface area is 214 Å². The van der Waals surface area contributed by atoms with Crippen molar-refractivity contribution in [3.8, 4) is 0 Å². The van der Waals surface area contributed by atoms with Gasteiger partial charge in [0.05, 0.1) is 0 Å². The largest absolute Gasteiger partial charge is 0.362 e. The van der Waals surface area contributed by atoms with E-state index in [1.807, 2.05) is 19.1 Å². The number of fused-ring (bicyclic) bond motifs is 1. The van der Waals surface area contributed by atoms with Crippen LogP contribution in [0.25, 0.3) is 0 Å². The van der Waals surface area contributed by atoms with Gasteiger partial charge in [0.1, 0.15) is 10.8 Å². The molecule has 1 aliphatic rings. The van der Waals surface area contributed by atoms with Crippen LogP contribution in [0.1, 0.15) is 83.1 Å². The van der Waals surface area contributed by atoms with Gasteiger partial charge in [-0.05, 0) is 73.6 Å². The van der Waals surface area contributed by atoms with Crippen LogP contribution in [0, 0.1) is 17.7 Å². The molecule has 1 nitrogen and oxygen atoms in total. The van der Waals surface area contributed by atoms with Crippen LogP contribution in [0.3, 0.4) is 0 Å². The van der Waals surface area contributed by atoms with Crippen LogP contribution in [0.15, 0.2) is 55.1 Å². The SMILES string of the molecule is C=CC.CC1Cc2ccccc2C1.CCCN(CCC)C(=S)c1ccc(CC(C)CC)c(F)c1. The smallest absolute Gasteiger partial charge is 0.127 e. The Hall–Kier alpha value is -2.00. The van der Waals surface area contributed by atoms with E-state index in [-0.39, 0.29) is 5.82 Å². The summed E-state index contributed by atoms with van der Waals surface area (Å²) in [7, 11) is 0. The minimum atomic E-state index is -0.122.